The molecule has 3 aromatic rings. The topological polar surface area (TPSA) is 88.0 Å². The summed E-state index contributed by atoms with van der Waals surface area (Å²) < 4.78 is 8.31. The van der Waals surface area contributed by atoms with Gasteiger partial charge in [0.1, 0.15) is 11.4 Å². The average molecular weight is 325 g/mol. The lowest BCUT2D eigenvalue weighted by Gasteiger charge is -2.19. The third-order valence-electron chi connectivity index (χ3n) is 3.23. The molecule has 2 heterocycles. The lowest BCUT2D eigenvalue weighted by Crippen LogP contribution is -2.28. The van der Waals surface area contributed by atoms with E-state index in [1.54, 1.807) is 37.7 Å². The number of nitrogen functional groups attached to an aromatic ring is 1. The molecule has 7 nitrogen and oxygen atoms in total. The van der Waals surface area contributed by atoms with E-state index in [9.17, 15) is 4.79 Å². The molecule has 0 aliphatic rings. The first-order chi connectivity index (χ1) is 11.3. The van der Waals surface area contributed by atoms with Crippen molar-refractivity contribution in [2.24, 2.45) is 0 Å². The number of hydrogen-bond donors (Lipinski definition) is 1. The maximum atomic E-state index is 12.3. The normalized spacial score (nSPS) is 11.5. The summed E-state index contributed by atoms with van der Waals surface area (Å²) in [5.74, 6) is 0.256. The molecule has 0 saturated heterocycles. The number of carbonyl (C=O) groups is 1. The largest absolute Gasteiger partial charge is 0.442 e. The van der Waals surface area contributed by atoms with Crippen molar-refractivity contribution in [1.29, 1.82) is 0 Å². The van der Waals surface area contributed by atoms with E-state index < -0.39 is 11.7 Å². The summed E-state index contributed by atoms with van der Waals surface area (Å²) >= 11 is 0. The quantitative estimate of drug-likeness (QED) is 0.782. The number of benzene rings is 1. The van der Waals surface area contributed by atoms with Gasteiger partial charge in [-0.3, -0.25) is 0 Å². The van der Waals surface area contributed by atoms with Gasteiger partial charge in [0.25, 0.3) is 0 Å². The SMILES string of the molecule is CC(C)(C)OC(=O)n1nc(N)cc1-c1ccc(-n2cccn2)cc1. The Hall–Kier alpha value is -3.09. The minimum absolute atomic E-state index is 0.256. The highest BCUT2D eigenvalue weighted by Gasteiger charge is 2.22. The van der Waals surface area contributed by atoms with Crippen molar-refractivity contribution in [3.05, 3.63) is 48.8 Å². The maximum absolute atomic E-state index is 12.3. The van der Waals surface area contributed by atoms with Gasteiger partial charge in [-0.05, 0) is 39.0 Å². The summed E-state index contributed by atoms with van der Waals surface area (Å²) in [5, 5.41) is 8.23. The fourth-order valence-electron chi connectivity index (χ4n) is 2.26. The van der Waals surface area contributed by atoms with Crippen molar-refractivity contribution in [1.82, 2.24) is 19.6 Å². The lowest BCUT2D eigenvalue weighted by atomic mass is 10.1. The number of rotatable bonds is 2. The Labute approximate surface area is 139 Å². The van der Waals surface area contributed by atoms with Crippen molar-refractivity contribution in [2.75, 3.05) is 5.73 Å². The molecule has 0 amide bonds. The molecular weight excluding hydrogens is 306 g/mol. The molecule has 2 aromatic heterocycles. The van der Waals surface area contributed by atoms with Crippen LogP contribution in [0.15, 0.2) is 48.8 Å². The van der Waals surface area contributed by atoms with E-state index >= 15 is 0 Å². The van der Waals surface area contributed by atoms with Gasteiger partial charge in [-0.25, -0.2) is 9.48 Å². The molecule has 0 saturated carbocycles. The molecule has 24 heavy (non-hydrogen) atoms. The third-order valence-corrected chi connectivity index (χ3v) is 3.23. The second-order valence-corrected chi connectivity index (χ2v) is 6.34. The van der Waals surface area contributed by atoms with Crippen LogP contribution in [0.5, 0.6) is 0 Å². The molecule has 0 bridgehead atoms. The molecule has 2 N–H and O–H groups in total. The molecule has 0 aliphatic heterocycles. The van der Waals surface area contributed by atoms with Crippen molar-refractivity contribution in [3.8, 4) is 16.9 Å². The van der Waals surface area contributed by atoms with Gasteiger partial charge in [-0.15, -0.1) is 5.10 Å². The van der Waals surface area contributed by atoms with E-state index in [0.29, 0.717) is 5.69 Å². The molecule has 0 atom stereocenters. The Morgan fingerprint density at radius 1 is 1.21 bits per heavy atom. The van der Waals surface area contributed by atoms with Crippen LogP contribution in [-0.2, 0) is 4.74 Å². The molecule has 0 spiro atoms. The van der Waals surface area contributed by atoms with E-state index in [1.807, 2.05) is 36.5 Å². The number of carbonyl (C=O) groups excluding carboxylic acids is 1. The molecule has 0 radical (unpaired) electrons. The Balaban J connectivity index is 1.94. The van der Waals surface area contributed by atoms with Gasteiger partial charge in [0, 0.05) is 24.0 Å². The molecule has 124 valence electrons. The van der Waals surface area contributed by atoms with Gasteiger partial charge in [-0.1, -0.05) is 12.1 Å². The smallest absolute Gasteiger partial charge is 0.435 e. The van der Waals surface area contributed by atoms with E-state index in [0.717, 1.165) is 11.3 Å². The van der Waals surface area contributed by atoms with Crippen LogP contribution in [0, 0.1) is 0 Å². The first-order valence-corrected chi connectivity index (χ1v) is 7.53. The van der Waals surface area contributed by atoms with Gasteiger partial charge in [0.05, 0.1) is 11.4 Å². The fraction of sp³-hybridized carbons (Fsp3) is 0.235. The van der Waals surface area contributed by atoms with Crippen molar-refractivity contribution in [2.45, 2.75) is 26.4 Å². The summed E-state index contributed by atoms with van der Waals surface area (Å²) in [6.07, 6.45) is 3.01. The fourth-order valence-corrected chi connectivity index (χ4v) is 2.26. The number of nitrogens with zero attached hydrogens (tertiary/aromatic N) is 4. The van der Waals surface area contributed by atoms with Gasteiger partial charge in [0.15, 0.2) is 0 Å². The predicted octanol–water partition coefficient (Wildman–Crippen LogP) is 3.10. The zero-order chi connectivity index (χ0) is 17.3. The number of hydrogen-bond acceptors (Lipinski definition) is 5. The van der Waals surface area contributed by atoms with Crippen molar-refractivity contribution >= 4 is 11.9 Å². The Bertz CT molecular complexity index is 842. The summed E-state index contributed by atoms with van der Waals surface area (Å²) in [6.45, 7) is 5.41. The van der Waals surface area contributed by atoms with E-state index in [4.69, 9.17) is 10.5 Å². The third kappa shape index (κ3) is 3.29. The molecule has 3 rings (SSSR count). The van der Waals surface area contributed by atoms with Crippen LogP contribution in [0.1, 0.15) is 20.8 Å². The van der Waals surface area contributed by atoms with E-state index in [2.05, 4.69) is 10.2 Å². The Morgan fingerprint density at radius 3 is 2.50 bits per heavy atom. The highest BCUT2D eigenvalue weighted by atomic mass is 16.6. The number of ether oxygens (including phenoxy) is 1. The number of aromatic nitrogens is 4. The monoisotopic (exact) mass is 325 g/mol. The number of nitrogens with two attached hydrogens (primary N) is 1. The van der Waals surface area contributed by atoms with Crippen LogP contribution in [0.4, 0.5) is 10.6 Å². The van der Waals surface area contributed by atoms with Crippen molar-refractivity contribution < 1.29 is 9.53 Å². The second-order valence-electron chi connectivity index (χ2n) is 6.34. The van der Waals surface area contributed by atoms with Crippen LogP contribution in [-0.4, -0.2) is 31.3 Å². The summed E-state index contributed by atoms with van der Waals surface area (Å²) in [6, 6.07) is 11.1. The highest BCUT2D eigenvalue weighted by molar-refractivity contribution is 5.79. The molecule has 1 aromatic carbocycles. The minimum Gasteiger partial charge on any atom is -0.442 e. The zero-order valence-electron chi connectivity index (χ0n) is 13.8. The van der Waals surface area contributed by atoms with Crippen LogP contribution >= 0.6 is 0 Å². The summed E-state index contributed by atoms with van der Waals surface area (Å²) in [7, 11) is 0. The Morgan fingerprint density at radius 2 is 1.92 bits per heavy atom. The zero-order valence-corrected chi connectivity index (χ0v) is 13.8. The lowest BCUT2D eigenvalue weighted by molar-refractivity contribution is 0.0518. The first-order valence-electron chi connectivity index (χ1n) is 7.53. The predicted molar refractivity (Wildman–Crippen MR) is 90.8 cm³/mol. The average Bonchev–Trinajstić information content (AvgIpc) is 3.15. The summed E-state index contributed by atoms with van der Waals surface area (Å²) in [5.41, 5.74) is 7.46. The van der Waals surface area contributed by atoms with Gasteiger partial charge in [-0.2, -0.15) is 9.78 Å². The minimum atomic E-state index is -0.612. The first kappa shape index (κ1) is 15.8. The highest BCUT2D eigenvalue weighted by Crippen LogP contribution is 2.24. The molecular formula is C17H19N5O2. The van der Waals surface area contributed by atoms with Gasteiger partial charge < -0.3 is 10.5 Å². The summed E-state index contributed by atoms with van der Waals surface area (Å²) in [4.78, 5) is 12.3. The van der Waals surface area contributed by atoms with Crippen LogP contribution in [0.25, 0.3) is 16.9 Å². The van der Waals surface area contributed by atoms with Gasteiger partial charge >= 0.3 is 6.09 Å². The maximum Gasteiger partial charge on any atom is 0.435 e. The molecule has 0 fully saturated rings. The number of anilines is 1. The van der Waals surface area contributed by atoms with Crippen LogP contribution in [0.3, 0.4) is 0 Å². The van der Waals surface area contributed by atoms with E-state index in [1.165, 1.54) is 4.68 Å². The molecule has 0 aliphatic carbocycles. The molecule has 0 unspecified atom stereocenters. The second kappa shape index (κ2) is 5.84. The Kier molecular flexibility index (Phi) is 3.84. The molecule has 7 heteroatoms. The standard InChI is InChI=1S/C17H19N5O2/c1-17(2,3)24-16(23)22-14(11-15(18)20-22)12-5-7-13(8-6-12)21-10-4-9-19-21/h4-11H,1-3H3,(H2,18,20). The van der Waals surface area contributed by atoms with Crippen LogP contribution < -0.4 is 5.73 Å². The van der Waals surface area contributed by atoms with Gasteiger partial charge in [0.2, 0.25) is 0 Å². The van der Waals surface area contributed by atoms with Crippen molar-refractivity contribution in [3.63, 3.8) is 0 Å². The van der Waals surface area contributed by atoms with Crippen LogP contribution in [0.2, 0.25) is 0 Å². The van der Waals surface area contributed by atoms with E-state index in [-0.39, 0.29) is 5.82 Å².